The summed E-state index contributed by atoms with van der Waals surface area (Å²) in [6, 6.07) is 0. The van der Waals surface area contributed by atoms with Gasteiger partial charge in [-0.25, -0.2) is 0 Å². The van der Waals surface area contributed by atoms with Crippen molar-refractivity contribution in [2.24, 2.45) is 0 Å². The monoisotopic (exact) mass is 352 g/mol. The summed E-state index contributed by atoms with van der Waals surface area (Å²) < 4.78 is 0. The third-order valence-corrected chi connectivity index (χ3v) is 0. The van der Waals surface area contributed by atoms with E-state index < -0.39 is 0 Å². The first-order valence-electron chi connectivity index (χ1n) is 0. The van der Waals surface area contributed by atoms with Crippen LogP contribution in [0, 0.1) is 0 Å². The molecule has 0 aromatic carbocycles. The van der Waals surface area contributed by atoms with Gasteiger partial charge in [0.25, 0.3) is 0 Å². The molecule has 0 aromatic heterocycles. The van der Waals surface area contributed by atoms with Crippen molar-refractivity contribution in [3.05, 3.63) is 0 Å². The quantitative estimate of drug-likeness (QED) is 0.415. The number of hydrogen-bond acceptors (Lipinski definition) is 0. The van der Waals surface area contributed by atoms with Crippen molar-refractivity contribution in [2.45, 2.75) is 0 Å². The van der Waals surface area contributed by atoms with E-state index in [1.807, 2.05) is 0 Å². The van der Waals surface area contributed by atoms with E-state index in [2.05, 4.69) is 0 Å². The second kappa shape index (κ2) is 22.7. The van der Waals surface area contributed by atoms with Crippen molar-refractivity contribution in [3.8, 4) is 0 Å². The smallest absolute Gasteiger partial charge is 0 e. The van der Waals surface area contributed by atoms with Gasteiger partial charge in [0.1, 0.15) is 0 Å². The van der Waals surface area contributed by atoms with E-state index in [4.69, 9.17) is 0 Å². The average molecular weight is 352 g/mol. The normalized spacial score (nSPS) is 0. The second-order valence-corrected chi connectivity index (χ2v) is 0. The Bertz CT molecular complexity index is 9.61. The van der Waals surface area contributed by atoms with Crippen LogP contribution in [0.2, 0.25) is 0 Å². The van der Waals surface area contributed by atoms with Gasteiger partial charge in [0.15, 0.2) is 0 Å². The molecule has 0 saturated carbocycles. The van der Waals surface area contributed by atoms with Gasteiger partial charge in [-0.2, -0.15) is 0 Å². The van der Waals surface area contributed by atoms with Crippen molar-refractivity contribution < 1.29 is 46.8 Å². The summed E-state index contributed by atoms with van der Waals surface area (Å²) in [4.78, 5) is 0. The molecular formula is H6Ca2CdSrZn. The van der Waals surface area contributed by atoms with Crippen LogP contribution in [0.5, 0.6) is 0 Å². The molecule has 16 valence electrons. The van der Waals surface area contributed by atoms with E-state index in [-0.39, 0.29) is 168 Å². The Morgan fingerprint density at radius 3 is 0.800 bits per heavy atom. The summed E-state index contributed by atoms with van der Waals surface area (Å²) in [7, 11) is 0. The van der Waals surface area contributed by atoms with Crippen LogP contribution in [-0.2, 0) is 46.8 Å². The Hall–Kier alpha value is 5.55. The molecule has 0 unspecified atom stereocenters. The van der Waals surface area contributed by atoms with Crippen molar-refractivity contribution in [2.75, 3.05) is 0 Å². The van der Waals surface area contributed by atoms with Crippen LogP contribution in [0.15, 0.2) is 0 Å². The van der Waals surface area contributed by atoms with Crippen molar-refractivity contribution >= 4 is 121 Å². The van der Waals surface area contributed by atoms with E-state index in [1.54, 1.807) is 0 Å². The molecule has 0 aliphatic rings. The van der Waals surface area contributed by atoms with Gasteiger partial charge in [0.2, 0.25) is 0 Å². The van der Waals surface area contributed by atoms with E-state index in [0.717, 1.165) is 0 Å². The predicted molar refractivity (Wildman–Crippen MR) is 25.6 cm³/mol. The van der Waals surface area contributed by atoms with Gasteiger partial charge in [-0.3, -0.25) is 0 Å². The second-order valence-electron chi connectivity index (χ2n) is 0. The van der Waals surface area contributed by atoms with Gasteiger partial charge in [-0.05, 0) is 0 Å². The maximum Gasteiger partial charge on any atom is 0 e. The van der Waals surface area contributed by atoms with E-state index in [1.165, 1.54) is 0 Å². The van der Waals surface area contributed by atoms with E-state index >= 15 is 0 Å². The summed E-state index contributed by atoms with van der Waals surface area (Å²) in [5, 5.41) is 0. The zero-order chi connectivity index (χ0) is 0. The minimum absolute atomic E-state index is 0. The summed E-state index contributed by atoms with van der Waals surface area (Å²) >= 11 is 0. The van der Waals surface area contributed by atoms with Crippen molar-refractivity contribution in [3.63, 3.8) is 0 Å². The molecule has 0 aliphatic heterocycles. The summed E-state index contributed by atoms with van der Waals surface area (Å²) in [6.07, 6.45) is 0. The first-order chi connectivity index (χ1) is 0. The Kier molecular flexibility index (Phi) is 142. The first kappa shape index (κ1) is 31.2. The van der Waals surface area contributed by atoms with Crippen LogP contribution < -0.4 is 0 Å². The molecule has 0 fully saturated rings. The third-order valence-electron chi connectivity index (χ3n) is 0. The Morgan fingerprint density at radius 2 is 0.800 bits per heavy atom. The van der Waals surface area contributed by atoms with Crippen LogP contribution in [0.3, 0.4) is 0 Å². The fourth-order valence-corrected chi connectivity index (χ4v) is 0. The molecule has 0 atom stereocenters. The number of rotatable bonds is 0. The molecule has 0 heterocycles. The van der Waals surface area contributed by atoms with Gasteiger partial charge in [0.05, 0.1) is 0 Å². The molecule has 0 aromatic rings. The van der Waals surface area contributed by atoms with Gasteiger partial charge >= 0.3 is 121 Å². The fraction of sp³-hybridized carbons (Fsp3) is 0. The standard InChI is InChI=1S/2Ca.Cd.Sr.Zn.6H. The Balaban J connectivity index is 0. The molecule has 0 saturated heterocycles. The molecule has 0 N–H and O–H groups in total. The van der Waals surface area contributed by atoms with Crippen molar-refractivity contribution in [1.29, 1.82) is 0 Å². The SMILES string of the molecule is [CaH2].[CaH2].[Cd].[SrH2].[Zn]. The van der Waals surface area contributed by atoms with Crippen LogP contribution in [-0.4, -0.2) is 121 Å². The van der Waals surface area contributed by atoms with Gasteiger partial charge in [-0.15, -0.1) is 0 Å². The summed E-state index contributed by atoms with van der Waals surface area (Å²) in [5.41, 5.74) is 0. The number of hydrogen-bond donors (Lipinski definition) is 0. The minimum atomic E-state index is 0. The van der Waals surface area contributed by atoms with E-state index in [0.29, 0.717) is 0 Å². The molecule has 0 rings (SSSR count). The third kappa shape index (κ3) is 17.7. The van der Waals surface area contributed by atoms with E-state index in [9.17, 15) is 0 Å². The first-order valence-corrected chi connectivity index (χ1v) is 0. The van der Waals surface area contributed by atoms with Crippen molar-refractivity contribution in [1.82, 2.24) is 0 Å². The van der Waals surface area contributed by atoms with Crippen LogP contribution >= 0.6 is 0 Å². The van der Waals surface area contributed by atoms with Crippen LogP contribution in [0.4, 0.5) is 0 Å². The van der Waals surface area contributed by atoms with Crippen LogP contribution in [0.25, 0.3) is 0 Å². The Morgan fingerprint density at radius 1 is 0.800 bits per heavy atom. The predicted octanol–water partition coefficient (Wildman–Crippen LogP) is -2.75. The molecule has 0 bridgehead atoms. The van der Waals surface area contributed by atoms with Gasteiger partial charge in [0, 0.05) is 46.8 Å². The molecule has 0 aliphatic carbocycles. The van der Waals surface area contributed by atoms with Crippen LogP contribution in [0.1, 0.15) is 0 Å². The zero-order valence-electron chi connectivity index (χ0n) is 1.41. The molecule has 0 amide bonds. The molecule has 0 radical (unpaired) electrons. The molecule has 0 nitrogen and oxygen atoms in total. The maximum absolute atomic E-state index is 0. The largest absolute Gasteiger partial charge is 0 e. The van der Waals surface area contributed by atoms with Gasteiger partial charge < -0.3 is 0 Å². The maximum atomic E-state index is 0. The molecule has 0 spiro atoms. The average Bonchev–Trinajstić information content (AvgIpc) is 0. The minimum Gasteiger partial charge on any atom is 0 e. The molecule has 5 heteroatoms. The topological polar surface area (TPSA) is 0 Å². The summed E-state index contributed by atoms with van der Waals surface area (Å²) in [5.74, 6) is 0. The summed E-state index contributed by atoms with van der Waals surface area (Å²) in [6.45, 7) is 0. The molecular weight excluding hydrogens is 346 g/mol. The molecule has 5 heavy (non-hydrogen) atoms. The Labute approximate surface area is 162 Å². The zero-order valence-corrected chi connectivity index (χ0v) is 8.42. The fourth-order valence-electron chi connectivity index (χ4n) is 0. The van der Waals surface area contributed by atoms with Gasteiger partial charge in [-0.1, -0.05) is 0 Å².